The van der Waals surface area contributed by atoms with Crippen molar-refractivity contribution in [1.82, 2.24) is 9.55 Å². The quantitative estimate of drug-likeness (QED) is 0.849. The van der Waals surface area contributed by atoms with Crippen molar-refractivity contribution in [2.45, 2.75) is 18.6 Å². The molecular formula is C14H16BrN3O3. The number of aliphatic hydroxyl groups excluding tert-OH is 1. The average molecular weight is 354 g/mol. The van der Waals surface area contributed by atoms with E-state index in [-0.39, 0.29) is 11.6 Å². The molecule has 21 heavy (non-hydrogen) atoms. The van der Waals surface area contributed by atoms with Crippen LogP contribution in [0.2, 0.25) is 0 Å². The maximum absolute atomic E-state index is 12.4. The van der Waals surface area contributed by atoms with Crippen LogP contribution in [0.5, 0.6) is 0 Å². The van der Waals surface area contributed by atoms with E-state index in [2.05, 4.69) is 26.2 Å². The van der Waals surface area contributed by atoms with Gasteiger partial charge in [-0.15, -0.1) is 0 Å². The van der Waals surface area contributed by atoms with Crippen LogP contribution in [0, 0.1) is 0 Å². The smallest absolute Gasteiger partial charge is 0.261 e. The van der Waals surface area contributed by atoms with Gasteiger partial charge in [0.25, 0.3) is 5.56 Å². The zero-order valence-corrected chi connectivity index (χ0v) is 13.1. The molecule has 0 spiro atoms. The summed E-state index contributed by atoms with van der Waals surface area (Å²) in [6.07, 6.45) is 3.44. The lowest BCUT2D eigenvalue weighted by molar-refractivity contribution is 0.00308. The van der Waals surface area contributed by atoms with Crippen LogP contribution in [0.4, 0.5) is 5.82 Å². The molecule has 3 heterocycles. The summed E-state index contributed by atoms with van der Waals surface area (Å²) in [6.45, 7) is 0.948. The summed E-state index contributed by atoms with van der Waals surface area (Å²) in [7, 11) is 1.70. The van der Waals surface area contributed by atoms with Gasteiger partial charge in [0.2, 0.25) is 0 Å². The minimum Gasteiger partial charge on any atom is -0.391 e. The second-order valence-electron chi connectivity index (χ2n) is 5.16. The first-order valence-corrected chi connectivity index (χ1v) is 7.53. The predicted octanol–water partition coefficient (Wildman–Crippen LogP) is 1.26. The van der Waals surface area contributed by atoms with Crippen molar-refractivity contribution in [1.29, 1.82) is 0 Å². The number of aryl methyl sites for hydroxylation is 1. The van der Waals surface area contributed by atoms with E-state index in [0.717, 1.165) is 9.86 Å². The number of pyridine rings is 2. The number of nitrogens with one attached hydrogen (secondary N) is 1. The molecule has 0 bridgehead atoms. The van der Waals surface area contributed by atoms with E-state index in [4.69, 9.17) is 4.74 Å². The summed E-state index contributed by atoms with van der Waals surface area (Å²) < 4.78 is 7.65. The lowest BCUT2D eigenvalue weighted by atomic mass is 10.1. The molecule has 1 aliphatic heterocycles. The van der Waals surface area contributed by atoms with Gasteiger partial charge in [0.15, 0.2) is 0 Å². The van der Waals surface area contributed by atoms with Gasteiger partial charge in [-0.05, 0) is 28.4 Å². The molecule has 2 atom stereocenters. The minimum absolute atomic E-state index is 0.130. The molecule has 0 unspecified atom stereocenters. The van der Waals surface area contributed by atoms with Gasteiger partial charge in [-0.25, -0.2) is 4.98 Å². The Morgan fingerprint density at radius 2 is 2.38 bits per heavy atom. The summed E-state index contributed by atoms with van der Waals surface area (Å²) in [6, 6.07) is 1.60. The molecule has 0 amide bonds. The van der Waals surface area contributed by atoms with Crippen molar-refractivity contribution in [2.24, 2.45) is 7.05 Å². The number of anilines is 1. The fourth-order valence-corrected chi connectivity index (χ4v) is 2.89. The number of fused-ring (bicyclic) bond motifs is 1. The van der Waals surface area contributed by atoms with E-state index in [0.29, 0.717) is 30.8 Å². The third-order valence-electron chi connectivity index (χ3n) is 3.71. The number of nitrogens with zero attached hydrogens (tertiary/aromatic N) is 2. The van der Waals surface area contributed by atoms with Crippen molar-refractivity contribution in [2.75, 3.05) is 18.5 Å². The third-order valence-corrected chi connectivity index (χ3v) is 4.34. The molecule has 1 fully saturated rings. The lowest BCUT2D eigenvalue weighted by Crippen LogP contribution is -2.42. The fraction of sp³-hybridized carbons (Fsp3) is 0.429. The van der Waals surface area contributed by atoms with Crippen molar-refractivity contribution < 1.29 is 9.84 Å². The van der Waals surface area contributed by atoms with Crippen LogP contribution in [0.15, 0.2) is 27.7 Å². The summed E-state index contributed by atoms with van der Waals surface area (Å²) in [5.41, 5.74) is -0.130. The molecule has 2 N–H and O–H groups in total. The Kier molecular flexibility index (Phi) is 3.97. The van der Waals surface area contributed by atoms with Gasteiger partial charge in [-0.3, -0.25) is 4.79 Å². The molecule has 7 heteroatoms. The summed E-state index contributed by atoms with van der Waals surface area (Å²) in [4.78, 5) is 16.7. The Labute approximate surface area is 129 Å². The van der Waals surface area contributed by atoms with Gasteiger partial charge in [0.1, 0.15) is 5.82 Å². The number of halogens is 1. The Hall–Kier alpha value is -1.44. The Morgan fingerprint density at radius 3 is 3.14 bits per heavy atom. The molecular weight excluding hydrogens is 338 g/mol. The molecule has 0 saturated carbocycles. The van der Waals surface area contributed by atoms with Crippen LogP contribution >= 0.6 is 15.9 Å². The van der Waals surface area contributed by atoms with E-state index in [1.54, 1.807) is 19.4 Å². The van der Waals surface area contributed by atoms with E-state index in [1.165, 1.54) is 4.57 Å². The highest BCUT2D eigenvalue weighted by atomic mass is 79.9. The number of rotatable bonds is 2. The summed E-state index contributed by atoms with van der Waals surface area (Å²) in [5, 5.41) is 14.5. The topological polar surface area (TPSA) is 76.4 Å². The molecule has 0 aromatic carbocycles. The first-order chi connectivity index (χ1) is 10.1. The Morgan fingerprint density at radius 1 is 1.57 bits per heavy atom. The Bertz CT molecular complexity index is 731. The monoisotopic (exact) mass is 353 g/mol. The molecule has 2 aromatic rings. The van der Waals surface area contributed by atoms with Crippen molar-refractivity contribution in [3.05, 3.63) is 33.3 Å². The van der Waals surface area contributed by atoms with Crippen LogP contribution < -0.4 is 10.9 Å². The standard InChI is InChI=1S/C14H16BrN3O3/c1-18-4-2-8-9(15)6-16-13(12(8)14(18)20)17-10-7-21-5-3-11(10)19/h2,4,6,10-11,19H,3,5,7H2,1H3,(H,16,17)/t10-,11-/m1/s1. The number of ether oxygens (including phenoxy) is 1. The highest BCUT2D eigenvalue weighted by Gasteiger charge is 2.25. The zero-order valence-electron chi connectivity index (χ0n) is 11.5. The maximum Gasteiger partial charge on any atom is 0.261 e. The maximum atomic E-state index is 12.4. The highest BCUT2D eigenvalue weighted by molar-refractivity contribution is 9.10. The normalized spacial score (nSPS) is 22.4. The predicted molar refractivity (Wildman–Crippen MR) is 83.5 cm³/mol. The summed E-state index contributed by atoms with van der Waals surface area (Å²) >= 11 is 3.41. The van der Waals surface area contributed by atoms with E-state index >= 15 is 0 Å². The molecule has 0 radical (unpaired) electrons. The SMILES string of the molecule is Cn1ccc2c(Br)cnc(N[C@@H]3COCC[C@H]3O)c2c1=O. The van der Waals surface area contributed by atoms with Gasteiger partial charge >= 0.3 is 0 Å². The second kappa shape index (κ2) is 5.75. The van der Waals surface area contributed by atoms with Crippen molar-refractivity contribution >= 4 is 32.5 Å². The first-order valence-electron chi connectivity index (χ1n) is 6.74. The van der Waals surface area contributed by atoms with Crippen LogP contribution in [0.1, 0.15) is 6.42 Å². The van der Waals surface area contributed by atoms with Crippen LogP contribution in [-0.2, 0) is 11.8 Å². The van der Waals surface area contributed by atoms with Gasteiger partial charge in [-0.2, -0.15) is 0 Å². The molecule has 112 valence electrons. The lowest BCUT2D eigenvalue weighted by Gasteiger charge is -2.29. The molecule has 1 aliphatic rings. The van der Waals surface area contributed by atoms with Crippen LogP contribution in [0.3, 0.4) is 0 Å². The molecule has 0 aliphatic carbocycles. The molecule has 6 nitrogen and oxygen atoms in total. The van der Waals surface area contributed by atoms with Gasteiger partial charge < -0.3 is 19.7 Å². The van der Waals surface area contributed by atoms with E-state index in [9.17, 15) is 9.90 Å². The minimum atomic E-state index is -0.508. The largest absolute Gasteiger partial charge is 0.391 e. The summed E-state index contributed by atoms with van der Waals surface area (Å²) in [5.74, 6) is 0.476. The average Bonchev–Trinajstić information content (AvgIpc) is 2.47. The number of aliphatic hydroxyl groups is 1. The first kappa shape index (κ1) is 14.5. The van der Waals surface area contributed by atoms with Crippen molar-refractivity contribution in [3.63, 3.8) is 0 Å². The number of hydrogen-bond donors (Lipinski definition) is 2. The van der Waals surface area contributed by atoms with E-state index < -0.39 is 6.10 Å². The van der Waals surface area contributed by atoms with Gasteiger partial charge in [0, 0.05) is 35.9 Å². The number of aromatic nitrogens is 2. The fourth-order valence-electron chi connectivity index (χ4n) is 2.46. The highest BCUT2D eigenvalue weighted by Crippen LogP contribution is 2.26. The van der Waals surface area contributed by atoms with Gasteiger partial charge in [-0.1, -0.05) is 0 Å². The van der Waals surface area contributed by atoms with Crippen LogP contribution in [0.25, 0.3) is 10.8 Å². The molecule has 1 saturated heterocycles. The Balaban J connectivity index is 2.08. The zero-order chi connectivity index (χ0) is 15.0. The second-order valence-corrected chi connectivity index (χ2v) is 6.01. The van der Waals surface area contributed by atoms with Crippen molar-refractivity contribution in [3.8, 4) is 0 Å². The molecule has 3 rings (SSSR count). The molecule has 2 aromatic heterocycles. The number of hydrogen-bond acceptors (Lipinski definition) is 5. The van der Waals surface area contributed by atoms with E-state index in [1.807, 2.05) is 6.07 Å². The van der Waals surface area contributed by atoms with Crippen LogP contribution in [-0.4, -0.2) is 40.0 Å². The third kappa shape index (κ3) is 2.68. The van der Waals surface area contributed by atoms with Gasteiger partial charge in [0.05, 0.1) is 24.1 Å².